The van der Waals surface area contributed by atoms with Gasteiger partial charge in [-0.1, -0.05) is 18.2 Å². The molecular formula is C17H25ClF3N3O. The summed E-state index contributed by atoms with van der Waals surface area (Å²) in [5.41, 5.74) is 6.11. The van der Waals surface area contributed by atoms with E-state index in [4.69, 9.17) is 5.73 Å². The topological polar surface area (TPSA) is 58.4 Å². The van der Waals surface area contributed by atoms with Crippen molar-refractivity contribution in [3.63, 3.8) is 0 Å². The molecule has 0 aromatic heterocycles. The lowest BCUT2D eigenvalue weighted by atomic mass is 9.78. The fourth-order valence-electron chi connectivity index (χ4n) is 3.17. The number of carbonyl (C=O) groups excluding carboxylic acids is 1. The van der Waals surface area contributed by atoms with Crippen molar-refractivity contribution in [3.05, 3.63) is 35.4 Å². The average Bonchev–Trinajstić information content (AvgIpc) is 2.48. The maximum absolute atomic E-state index is 12.9. The molecule has 1 aromatic rings. The molecular weight excluding hydrogens is 355 g/mol. The number of hydrogen-bond acceptors (Lipinski definition) is 3. The molecule has 0 spiro atoms. The molecule has 25 heavy (non-hydrogen) atoms. The van der Waals surface area contributed by atoms with E-state index in [-0.39, 0.29) is 42.9 Å². The summed E-state index contributed by atoms with van der Waals surface area (Å²) in [5, 5.41) is 2.92. The molecule has 3 atom stereocenters. The lowest BCUT2D eigenvalue weighted by Gasteiger charge is -2.35. The first-order chi connectivity index (χ1) is 11.2. The second kappa shape index (κ2) is 8.87. The van der Waals surface area contributed by atoms with Gasteiger partial charge in [0.05, 0.1) is 12.1 Å². The number of benzene rings is 1. The van der Waals surface area contributed by atoms with E-state index in [0.717, 1.165) is 12.5 Å². The van der Waals surface area contributed by atoms with Crippen LogP contribution in [-0.4, -0.2) is 43.5 Å². The summed E-state index contributed by atoms with van der Waals surface area (Å²) in [7, 11) is 3.59. The highest BCUT2D eigenvalue weighted by atomic mass is 35.5. The maximum atomic E-state index is 12.9. The fourth-order valence-corrected chi connectivity index (χ4v) is 3.17. The van der Waals surface area contributed by atoms with Crippen LogP contribution in [0.4, 0.5) is 13.2 Å². The number of alkyl halides is 3. The quantitative estimate of drug-likeness (QED) is 0.845. The number of carbonyl (C=O) groups is 1. The molecule has 1 aliphatic rings. The van der Waals surface area contributed by atoms with Gasteiger partial charge in [-0.3, -0.25) is 4.79 Å². The Morgan fingerprint density at radius 3 is 2.60 bits per heavy atom. The van der Waals surface area contributed by atoms with Gasteiger partial charge in [-0.15, -0.1) is 12.4 Å². The first kappa shape index (κ1) is 21.7. The molecule has 1 aliphatic carbocycles. The first-order valence-corrected chi connectivity index (χ1v) is 8.03. The minimum absolute atomic E-state index is 0. The lowest BCUT2D eigenvalue weighted by Crippen LogP contribution is -2.52. The Hall–Kier alpha value is -1.31. The highest BCUT2D eigenvalue weighted by Gasteiger charge is 2.33. The number of nitrogens with one attached hydrogen (secondary N) is 1. The Bertz CT molecular complexity index is 581. The highest BCUT2D eigenvalue weighted by Crippen LogP contribution is 2.36. The van der Waals surface area contributed by atoms with Gasteiger partial charge in [-0.2, -0.15) is 13.2 Å². The van der Waals surface area contributed by atoms with Crippen molar-refractivity contribution >= 4 is 18.3 Å². The van der Waals surface area contributed by atoms with E-state index < -0.39 is 11.7 Å². The second-order valence-electron chi connectivity index (χ2n) is 6.71. The Morgan fingerprint density at radius 2 is 2.00 bits per heavy atom. The number of likely N-dealkylation sites (N-methyl/N-ethyl adjacent to an activating group) is 1. The van der Waals surface area contributed by atoms with Crippen LogP contribution in [-0.2, 0) is 11.0 Å². The normalized spacial score (nSPS) is 23.9. The Kier molecular flexibility index (Phi) is 7.71. The van der Waals surface area contributed by atoms with Crippen LogP contribution in [0.3, 0.4) is 0 Å². The Labute approximate surface area is 152 Å². The number of nitrogens with two attached hydrogens (primary N) is 1. The Balaban J connectivity index is 0.00000312. The molecule has 1 fully saturated rings. The molecule has 0 bridgehead atoms. The van der Waals surface area contributed by atoms with Gasteiger partial charge in [-0.05, 0) is 50.9 Å². The predicted molar refractivity (Wildman–Crippen MR) is 93.7 cm³/mol. The summed E-state index contributed by atoms with van der Waals surface area (Å²) in [5.74, 6) is -0.151. The zero-order valence-corrected chi connectivity index (χ0v) is 15.2. The van der Waals surface area contributed by atoms with Gasteiger partial charge in [0.25, 0.3) is 0 Å². The zero-order valence-electron chi connectivity index (χ0n) is 14.3. The largest absolute Gasteiger partial charge is 0.416 e. The number of rotatable bonds is 4. The molecule has 1 saturated carbocycles. The van der Waals surface area contributed by atoms with Gasteiger partial charge in [-0.25, -0.2) is 0 Å². The number of hydrogen-bond donors (Lipinski definition) is 2. The summed E-state index contributed by atoms with van der Waals surface area (Å²) < 4.78 is 38.7. The lowest BCUT2D eigenvalue weighted by molar-refractivity contribution is -0.137. The van der Waals surface area contributed by atoms with Gasteiger partial charge in [0, 0.05) is 12.1 Å². The minimum Gasteiger partial charge on any atom is -0.351 e. The zero-order chi connectivity index (χ0) is 17.9. The summed E-state index contributed by atoms with van der Waals surface area (Å²) in [4.78, 5) is 13.7. The van der Waals surface area contributed by atoms with Gasteiger partial charge in [0.2, 0.25) is 5.91 Å². The third kappa shape index (κ3) is 6.17. The summed E-state index contributed by atoms with van der Waals surface area (Å²) in [6.45, 7) is 0.261. The van der Waals surface area contributed by atoms with Crippen LogP contribution in [0.1, 0.15) is 36.3 Å². The molecule has 0 heterocycles. The van der Waals surface area contributed by atoms with Gasteiger partial charge in [0.15, 0.2) is 0 Å². The fraction of sp³-hybridized carbons (Fsp3) is 0.588. The number of amides is 1. The molecule has 2 rings (SSSR count). The van der Waals surface area contributed by atoms with Crippen molar-refractivity contribution in [2.75, 3.05) is 20.6 Å². The van der Waals surface area contributed by atoms with Crippen LogP contribution in [0.25, 0.3) is 0 Å². The van der Waals surface area contributed by atoms with E-state index in [9.17, 15) is 18.0 Å². The van der Waals surface area contributed by atoms with Crippen LogP contribution in [0.2, 0.25) is 0 Å². The van der Waals surface area contributed by atoms with E-state index in [1.165, 1.54) is 12.1 Å². The van der Waals surface area contributed by atoms with Gasteiger partial charge in [0.1, 0.15) is 0 Å². The van der Waals surface area contributed by atoms with Crippen LogP contribution in [0, 0.1) is 0 Å². The van der Waals surface area contributed by atoms with Crippen molar-refractivity contribution < 1.29 is 18.0 Å². The van der Waals surface area contributed by atoms with Crippen LogP contribution in [0.15, 0.2) is 24.3 Å². The van der Waals surface area contributed by atoms with Crippen molar-refractivity contribution in [3.8, 4) is 0 Å². The molecule has 0 unspecified atom stereocenters. The van der Waals surface area contributed by atoms with Crippen molar-refractivity contribution in [1.82, 2.24) is 10.2 Å². The molecule has 1 aromatic carbocycles. The van der Waals surface area contributed by atoms with E-state index in [1.54, 1.807) is 25.1 Å². The number of nitrogens with zero attached hydrogens (tertiary/aromatic N) is 1. The van der Waals surface area contributed by atoms with Crippen LogP contribution >= 0.6 is 12.4 Å². The second-order valence-corrected chi connectivity index (χ2v) is 6.71. The van der Waals surface area contributed by atoms with Crippen molar-refractivity contribution in [2.45, 2.75) is 43.4 Å². The molecule has 1 amide bonds. The third-order valence-electron chi connectivity index (χ3n) is 4.40. The molecule has 0 aliphatic heterocycles. The first-order valence-electron chi connectivity index (χ1n) is 8.03. The smallest absolute Gasteiger partial charge is 0.351 e. The minimum atomic E-state index is -4.35. The van der Waals surface area contributed by atoms with E-state index in [1.807, 2.05) is 0 Å². The van der Waals surface area contributed by atoms with Crippen molar-refractivity contribution in [1.29, 1.82) is 0 Å². The summed E-state index contributed by atoms with van der Waals surface area (Å²) in [6.07, 6.45) is -2.39. The van der Waals surface area contributed by atoms with Crippen LogP contribution in [0.5, 0.6) is 0 Å². The monoisotopic (exact) mass is 379 g/mol. The van der Waals surface area contributed by atoms with Crippen molar-refractivity contribution in [2.24, 2.45) is 5.73 Å². The third-order valence-corrected chi connectivity index (χ3v) is 4.40. The van der Waals surface area contributed by atoms with Gasteiger partial charge < -0.3 is 16.0 Å². The van der Waals surface area contributed by atoms with E-state index >= 15 is 0 Å². The van der Waals surface area contributed by atoms with E-state index in [2.05, 4.69) is 5.32 Å². The molecule has 0 radical (unpaired) electrons. The van der Waals surface area contributed by atoms with E-state index in [0.29, 0.717) is 18.4 Å². The SMILES string of the molecule is CN(C)CC(=O)N[C@H]1C[C@@H](c2cccc(C(F)(F)F)c2)CC[C@@H]1N.Cl. The standard InChI is InChI=1S/C17H24F3N3O.ClH/c1-23(2)10-16(24)22-15-9-12(6-7-14(15)21)11-4-3-5-13(8-11)17(18,19)20;/h3-5,8,12,14-15H,6-7,9-10,21H2,1-2H3,(H,22,24);1H/t12-,14-,15-;/m0./s1. The molecule has 3 N–H and O–H groups in total. The van der Waals surface area contributed by atoms with Gasteiger partial charge >= 0.3 is 6.18 Å². The molecule has 4 nitrogen and oxygen atoms in total. The van der Waals surface area contributed by atoms with Crippen LogP contribution < -0.4 is 11.1 Å². The average molecular weight is 380 g/mol. The highest BCUT2D eigenvalue weighted by molar-refractivity contribution is 5.85. The Morgan fingerprint density at radius 1 is 1.32 bits per heavy atom. The predicted octanol–water partition coefficient (Wildman–Crippen LogP) is 2.77. The summed E-state index contributed by atoms with van der Waals surface area (Å²) >= 11 is 0. The maximum Gasteiger partial charge on any atom is 0.416 e. The molecule has 0 saturated heterocycles. The molecule has 142 valence electrons. The number of halogens is 4. The molecule has 8 heteroatoms. The summed E-state index contributed by atoms with van der Waals surface area (Å²) in [6, 6.07) is 5.06.